The fourth-order valence-electron chi connectivity index (χ4n) is 4.54. The first-order valence-electron chi connectivity index (χ1n) is 15.0. The Balaban J connectivity index is 1.44. The number of carbonyl (C=O) groups excluding carboxylic acids is 2. The molecule has 0 saturated heterocycles. The monoisotopic (exact) mass is 804 g/mol. The third kappa shape index (κ3) is 9.71. The molecule has 44 heavy (non-hydrogen) atoms. The number of unbranched alkanes of at least 4 members (excludes halogenated alkanes) is 2. The second-order valence-electron chi connectivity index (χ2n) is 10.5. The van der Waals surface area contributed by atoms with Gasteiger partial charge in [-0.05, 0) is 68.7 Å². The van der Waals surface area contributed by atoms with Crippen molar-refractivity contribution in [3.8, 4) is 19.8 Å². The predicted molar refractivity (Wildman–Crippen MR) is 194 cm³/mol. The minimum Gasteiger partial charge on any atom is -0.449 e. The zero-order valence-corrected chi connectivity index (χ0v) is 31.7. The third-order valence-electron chi connectivity index (χ3n) is 7.23. The van der Waals surface area contributed by atoms with Gasteiger partial charge >= 0.3 is 12.2 Å². The Morgan fingerprint density at radius 3 is 1.50 bits per heavy atom. The summed E-state index contributed by atoms with van der Waals surface area (Å²) in [5.41, 5.74) is 1.31. The summed E-state index contributed by atoms with van der Waals surface area (Å²) in [7, 11) is 0. The van der Waals surface area contributed by atoms with Crippen LogP contribution in [0, 0.1) is 11.8 Å². The molecule has 0 aliphatic rings. The van der Waals surface area contributed by atoms with Crippen LogP contribution in [0.5, 0.6) is 0 Å². The third-order valence-corrected chi connectivity index (χ3v) is 12.8. The topological polar surface area (TPSA) is 102 Å². The van der Waals surface area contributed by atoms with Crippen molar-refractivity contribution >= 4 is 110 Å². The summed E-state index contributed by atoms with van der Waals surface area (Å²) < 4.78 is 12.9. The molecule has 8 nitrogen and oxygen atoms in total. The Hall–Kier alpha value is -1.58. The Labute approximate surface area is 291 Å². The summed E-state index contributed by atoms with van der Waals surface area (Å²) in [5.74, 6) is 0.740. The van der Waals surface area contributed by atoms with Crippen LogP contribution < -0.4 is 10.6 Å². The number of thiazole rings is 2. The van der Waals surface area contributed by atoms with Crippen molar-refractivity contribution < 1.29 is 19.1 Å². The second-order valence-corrected chi connectivity index (χ2v) is 17.3. The average Bonchev–Trinajstić information content (AvgIpc) is 3.75. The van der Waals surface area contributed by atoms with Crippen LogP contribution in [0.4, 0.5) is 21.0 Å². The number of hydrogen-bond acceptors (Lipinski definition) is 10. The Morgan fingerprint density at radius 2 is 1.14 bits per heavy atom. The number of anilines is 2. The highest BCUT2D eigenvalue weighted by Crippen LogP contribution is 2.46. The van der Waals surface area contributed by atoms with E-state index in [-0.39, 0.29) is 0 Å². The highest BCUT2D eigenvalue weighted by molar-refractivity contribution is 9.11. The number of nitrogens with zero attached hydrogens (tertiary/aromatic N) is 2. The minimum absolute atomic E-state index is 0.370. The van der Waals surface area contributed by atoms with Crippen molar-refractivity contribution in [2.24, 2.45) is 11.8 Å². The van der Waals surface area contributed by atoms with E-state index >= 15 is 0 Å². The molecule has 0 bridgehead atoms. The van der Waals surface area contributed by atoms with Gasteiger partial charge in [0.05, 0.1) is 41.9 Å². The van der Waals surface area contributed by atoms with Gasteiger partial charge in [0.1, 0.15) is 10.0 Å². The molecule has 4 rings (SSSR count). The van der Waals surface area contributed by atoms with E-state index in [0.717, 1.165) is 88.4 Å². The minimum atomic E-state index is -0.460. The normalized spacial score (nSPS) is 12.8. The molecule has 4 aromatic heterocycles. The number of fused-ring (bicyclic) bond motifs is 1. The first-order chi connectivity index (χ1) is 21.2. The van der Waals surface area contributed by atoms with Crippen LogP contribution in [0.1, 0.15) is 79.1 Å². The van der Waals surface area contributed by atoms with Gasteiger partial charge in [0, 0.05) is 0 Å². The van der Waals surface area contributed by atoms with Gasteiger partial charge in [-0.15, -0.1) is 22.7 Å². The second kappa shape index (κ2) is 17.4. The van der Waals surface area contributed by atoms with E-state index in [2.05, 4.69) is 70.2 Å². The number of hydrogen-bond donors (Lipinski definition) is 2. The highest BCUT2D eigenvalue weighted by Gasteiger charge is 2.22. The van der Waals surface area contributed by atoms with Gasteiger partial charge in [0.2, 0.25) is 0 Å². The maximum atomic E-state index is 12.7. The van der Waals surface area contributed by atoms with Gasteiger partial charge in [-0.3, -0.25) is 10.6 Å². The molecule has 0 saturated carbocycles. The molecule has 0 aromatic carbocycles. The summed E-state index contributed by atoms with van der Waals surface area (Å²) in [6.07, 6.45) is 7.69. The van der Waals surface area contributed by atoms with Crippen molar-refractivity contribution in [3.05, 3.63) is 19.7 Å². The molecule has 4 heterocycles. The smallest absolute Gasteiger partial charge is 0.411 e. The molecule has 0 fully saturated rings. The lowest BCUT2D eigenvalue weighted by Gasteiger charge is -2.15. The van der Waals surface area contributed by atoms with E-state index in [1.807, 2.05) is 12.1 Å². The standard InChI is InChI=1S/C30H38Br2N4O4S4/c1-5-9-11-17(7-3)15-39-29(37)33-19-13-21(31)41-23(19)25-35-27-28(43-25)36-26(44-27)24-20(14-22(32)42-24)34-30(38)40-16-18(8-4)12-10-6-2/h13-14,17-18H,5-12,15-16H2,1-4H3,(H,33,37)(H,34,38)/t17-,18+. The van der Waals surface area contributed by atoms with E-state index in [1.54, 1.807) is 0 Å². The number of nitrogens with one attached hydrogen (secondary N) is 2. The molecule has 0 spiro atoms. The first-order valence-corrected chi connectivity index (χ1v) is 19.8. The van der Waals surface area contributed by atoms with Gasteiger partial charge in [0.25, 0.3) is 0 Å². The van der Waals surface area contributed by atoms with E-state index in [1.165, 1.54) is 45.3 Å². The molecule has 2 N–H and O–H groups in total. The van der Waals surface area contributed by atoms with Gasteiger partial charge < -0.3 is 9.47 Å². The van der Waals surface area contributed by atoms with Crippen molar-refractivity contribution in [2.45, 2.75) is 79.1 Å². The van der Waals surface area contributed by atoms with Crippen LogP contribution in [0.2, 0.25) is 0 Å². The molecule has 0 aliphatic heterocycles. The van der Waals surface area contributed by atoms with Crippen LogP contribution in [0.15, 0.2) is 19.7 Å². The molecular formula is C30H38Br2N4O4S4. The maximum absolute atomic E-state index is 12.7. The van der Waals surface area contributed by atoms with Gasteiger partial charge in [-0.1, -0.05) is 88.9 Å². The van der Waals surface area contributed by atoms with Crippen molar-refractivity contribution in [2.75, 3.05) is 23.8 Å². The van der Waals surface area contributed by atoms with E-state index in [0.29, 0.717) is 36.4 Å². The lowest BCUT2D eigenvalue weighted by atomic mass is 10.0. The number of aromatic nitrogens is 2. The van der Waals surface area contributed by atoms with Crippen LogP contribution in [0.3, 0.4) is 0 Å². The molecule has 2 amide bonds. The first kappa shape index (κ1) is 35.3. The summed E-state index contributed by atoms with van der Waals surface area (Å²) in [4.78, 5) is 38.3. The lowest BCUT2D eigenvalue weighted by molar-refractivity contribution is 0.135. The number of halogens is 2. The predicted octanol–water partition coefficient (Wildman–Crippen LogP) is 12.3. The summed E-state index contributed by atoms with van der Waals surface area (Å²) in [6.45, 7) is 9.42. The van der Waals surface area contributed by atoms with E-state index in [9.17, 15) is 9.59 Å². The molecule has 240 valence electrons. The SMILES string of the molecule is CCCC[C@@H](CC)COC(=O)Nc1cc(Br)sc1-c1nc2sc(-c3sc(Br)cc3NC(=O)OC[C@@H](CC)CCCC)nc2s1. The largest absolute Gasteiger partial charge is 0.449 e. The highest BCUT2D eigenvalue weighted by atomic mass is 79.9. The summed E-state index contributed by atoms with van der Waals surface area (Å²) in [5, 5.41) is 7.37. The van der Waals surface area contributed by atoms with Crippen molar-refractivity contribution in [3.63, 3.8) is 0 Å². The molecule has 0 radical (unpaired) electrons. The molecule has 14 heteroatoms. The van der Waals surface area contributed by atoms with Gasteiger partial charge in [0.15, 0.2) is 9.66 Å². The van der Waals surface area contributed by atoms with Gasteiger partial charge in [-0.25, -0.2) is 19.6 Å². The summed E-state index contributed by atoms with van der Waals surface area (Å²) >= 11 is 13.0. The number of thiophene rings is 2. The van der Waals surface area contributed by atoms with Crippen molar-refractivity contribution in [1.29, 1.82) is 0 Å². The Kier molecular flexibility index (Phi) is 13.9. The number of carbonyl (C=O) groups is 2. The van der Waals surface area contributed by atoms with Crippen molar-refractivity contribution in [1.82, 2.24) is 9.97 Å². The fraction of sp³-hybridized carbons (Fsp3) is 0.533. The Morgan fingerprint density at radius 1 is 0.727 bits per heavy atom. The summed E-state index contributed by atoms with van der Waals surface area (Å²) in [6, 6.07) is 3.74. The van der Waals surface area contributed by atoms with Gasteiger partial charge in [-0.2, -0.15) is 0 Å². The zero-order valence-electron chi connectivity index (χ0n) is 25.3. The Bertz CT molecular complexity index is 1390. The number of amides is 2. The number of rotatable bonds is 16. The molecule has 0 unspecified atom stereocenters. The molecule has 2 atom stereocenters. The lowest BCUT2D eigenvalue weighted by Crippen LogP contribution is -2.18. The van der Waals surface area contributed by atoms with E-state index < -0.39 is 12.2 Å². The number of ether oxygens (including phenoxy) is 2. The van der Waals surface area contributed by atoms with Crippen LogP contribution in [-0.2, 0) is 9.47 Å². The quantitative estimate of drug-likeness (QED) is 0.117. The molecule has 0 aliphatic carbocycles. The van der Waals surface area contributed by atoms with E-state index in [4.69, 9.17) is 19.4 Å². The molecule has 4 aromatic rings. The fourth-order valence-corrected chi connectivity index (χ4v) is 9.87. The van der Waals surface area contributed by atoms with Crippen LogP contribution in [0.25, 0.3) is 29.4 Å². The zero-order chi connectivity index (χ0) is 31.6. The molecular weight excluding hydrogens is 768 g/mol. The average molecular weight is 807 g/mol. The van der Waals surface area contributed by atoms with Crippen LogP contribution in [-0.4, -0.2) is 35.4 Å². The van der Waals surface area contributed by atoms with Crippen LogP contribution >= 0.6 is 77.2 Å². The maximum Gasteiger partial charge on any atom is 0.411 e.